The number of rotatable bonds is 5. The molecule has 0 aromatic heterocycles. The van der Waals surface area contributed by atoms with Crippen molar-refractivity contribution in [3.8, 4) is 0 Å². The smallest absolute Gasteiger partial charge is 0.226 e. The van der Waals surface area contributed by atoms with Gasteiger partial charge < -0.3 is 14.7 Å². The zero-order chi connectivity index (χ0) is 14.8. The van der Waals surface area contributed by atoms with Gasteiger partial charge in [0.15, 0.2) is 0 Å². The minimum Gasteiger partial charge on any atom is -0.390 e. The van der Waals surface area contributed by atoms with E-state index < -0.39 is 6.10 Å². The molecule has 3 rings (SSSR count). The molecule has 0 bridgehead atoms. The highest BCUT2D eigenvalue weighted by Crippen LogP contribution is 2.55. The number of aliphatic hydroxyl groups excluding tert-OH is 1. The number of ether oxygens (including phenoxy) is 1. The van der Waals surface area contributed by atoms with Crippen LogP contribution in [0, 0.1) is 17.8 Å². The fourth-order valence-corrected chi connectivity index (χ4v) is 4.16. The van der Waals surface area contributed by atoms with Crippen molar-refractivity contribution in [1.82, 2.24) is 9.80 Å². The topological polar surface area (TPSA) is 53.0 Å². The van der Waals surface area contributed by atoms with Gasteiger partial charge in [-0.15, -0.1) is 0 Å². The van der Waals surface area contributed by atoms with Gasteiger partial charge in [-0.25, -0.2) is 0 Å². The molecular weight excluding hydrogens is 268 g/mol. The van der Waals surface area contributed by atoms with Gasteiger partial charge in [-0.1, -0.05) is 12.8 Å². The fourth-order valence-electron chi connectivity index (χ4n) is 4.16. The molecular formula is C16H28N2O3. The molecule has 1 N–H and O–H groups in total. The zero-order valence-corrected chi connectivity index (χ0v) is 13.0. The molecule has 1 saturated heterocycles. The number of fused-ring (bicyclic) bond motifs is 1. The number of morpholine rings is 1. The molecule has 0 aromatic carbocycles. The normalized spacial score (nSPS) is 34.1. The minimum atomic E-state index is -0.460. The lowest BCUT2D eigenvalue weighted by molar-refractivity contribution is -0.133. The van der Waals surface area contributed by atoms with E-state index in [-0.39, 0.29) is 11.8 Å². The number of likely N-dealkylation sites (N-methyl/N-ethyl adjacent to an activating group) is 1. The van der Waals surface area contributed by atoms with Crippen molar-refractivity contribution < 1.29 is 14.6 Å². The third-order valence-corrected chi connectivity index (χ3v) is 5.38. The molecule has 120 valence electrons. The summed E-state index contributed by atoms with van der Waals surface area (Å²) in [5.41, 5.74) is 0. The Hall–Kier alpha value is -0.650. The number of hydrogen-bond acceptors (Lipinski definition) is 4. The van der Waals surface area contributed by atoms with E-state index in [1.54, 1.807) is 4.90 Å². The van der Waals surface area contributed by atoms with E-state index in [4.69, 9.17) is 4.74 Å². The van der Waals surface area contributed by atoms with Crippen LogP contribution in [0.3, 0.4) is 0 Å². The van der Waals surface area contributed by atoms with E-state index in [1.807, 2.05) is 7.05 Å². The lowest BCUT2D eigenvalue weighted by Crippen LogP contribution is -2.45. The molecule has 0 aromatic rings. The van der Waals surface area contributed by atoms with Crippen molar-refractivity contribution in [2.75, 3.05) is 46.4 Å². The first-order valence-electron chi connectivity index (χ1n) is 8.40. The third kappa shape index (κ3) is 3.58. The number of aliphatic hydroxyl groups is 1. The molecule has 5 heteroatoms. The van der Waals surface area contributed by atoms with Crippen LogP contribution in [-0.4, -0.2) is 73.4 Å². The zero-order valence-electron chi connectivity index (χ0n) is 13.0. The van der Waals surface area contributed by atoms with Crippen LogP contribution in [0.1, 0.15) is 25.7 Å². The predicted molar refractivity (Wildman–Crippen MR) is 79.8 cm³/mol. The van der Waals surface area contributed by atoms with Gasteiger partial charge in [0, 0.05) is 39.1 Å². The van der Waals surface area contributed by atoms with Crippen molar-refractivity contribution in [3.63, 3.8) is 0 Å². The predicted octanol–water partition coefficient (Wildman–Crippen LogP) is 0.574. The van der Waals surface area contributed by atoms with Gasteiger partial charge >= 0.3 is 0 Å². The first kappa shape index (κ1) is 15.3. The minimum absolute atomic E-state index is 0.257. The summed E-state index contributed by atoms with van der Waals surface area (Å²) in [6.07, 6.45) is 4.57. The van der Waals surface area contributed by atoms with Crippen LogP contribution in [0.5, 0.6) is 0 Å². The quantitative estimate of drug-likeness (QED) is 0.806. The number of carbonyl (C=O) groups is 1. The molecule has 0 radical (unpaired) electrons. The van der Waals surface area contributed by atoms with Crippen LogP contribution in [0.2, 0.25) is 0 Å². The van der Waals surface area contributed by atoms with Crippen molar-refractivity contribution in [3.05, 3.63) is 0 Å². The fraction of sp³-hybridized carbons (Fsp3) is 0.938. The Bertz CT molecular complexity index is 359. The largest absolute Gasteiger partial charge is 0.390 e. The SMILES string of the molecule is CN(CC(O)CN1CCOCC1)C(=O)C1C2CCCCC21. The molecule has 2 aliphatic carbocycles. The van der Waals surface area contributed by atoms with Gasteiger partial charge in [0.05, 0.1) is 19.3 Å². The molecule has 1 heterocycles. The van der Waals surface area contributed by atoms with Crippen LogP contribution in [0.4, 0.5) is 0 Å². The maximum Gasteiger partial charge on any atom is 0.226 e. The maximum absolute atomic E-state index is 12.5. The Labute approximate surface area is 127 Å². The lowest BCUT2D eigenvalue weighted by Gasteiger charge is -2.30. The van der Waals surface area contributed by atoms with Crippen molar-refractivity contribution in [2.24, 2.45) is 17.8 Å². The number of hydrogen-bond donors (Lipinski definition) is 1. The molecule has 3 fully saturated rings. The van der Waals surface area contributed by atoms with E-state index in [0.29, 0.717) is 24.9 Å². The summed E-state index contributed by atoms with van der Waals surface area (Å²) in [7, 11) is 1.84. The second-order valence-corrected chi connectivity index (χ2v) is 6.92. The lowest BCUT2D eigenvalue weighted by atomic mass is 10.0. The van der Waals surface area contributed by atoms with Crippen LogP contribution in [0.25, 0.3) is 0 Å². The summed E-state index contributed by atoms with van der Waals surface area (Å²) >= 11 is 0. The number of carbonyl (C=O) groups excluding carboxylic acids is 1. The molecule has 1 aliphatic heterocycles. The van der Waals surface area contributed by atoms with E-state index >= 15 is 0 Å². The van der Waals surface area contributed by atoms with Gasteiger partial charge in [0.1, 0.15) is 0 Å². The van der Waals surface area contributed by atoms with Gasteiger partial charge in [-0.2, -0.15) is 0 Å². The molecule has 21 heavy (non-hydrogen) atoms. The Morgan fingerprint density at radius 3 is 2.52 bits per heavy atom. The van der Waals surface area contributed by atoms with Crippen LogP contribution >= 0.6 is 0 Å². The van der Waals surface area contributed by atoms with Gasteiger partial charge in [-0.05, 0) is 24.7 Å². The highest BCUT2D eigenvalue weighted by molar-refractivity contribution is 5.82. The first-order chi connectivity index (χ1) is 10.2. The summed E-state index contributed by atoms with van der Waals surface area (Å²) in [5, 5.41) is 10.2. The second kappa shape index (κ2) is 6.63. The Morgan fingerprint density at radius 1 is 1.29 bits per heavy atom. The van der Waals surface area contributed by atoms with Crippen molar-refractivity contribution in [2.45, 2.75) is 31.8 Å². The summed E-state index contributed by atoms with van der Waals surface area (Å²) < 4.78 is 5.31. The Balaban J connectivity index is 1.42. The summed E-state index contributed by atoms with van der Waals surface area (Å²) in [4.78, 5) is 16.5. The third-order valence-electron chi connectivity index (χ3n) is 5.38. The van der Waals surface area contributed by atoms with E-state index in [2.05, 4.69) is 4.90 Å². The standard InChI is InChI=1S/C16H28N2O3/c1-17(10-12(19)11-18-6-8-21-9-7-18)16(20)15-13-4-2-3-5-14(13)15/h12-15,19H,2-11H2,1H3. The molecule has 5 nitrogen and oxygen atoms in total. The highest BCUT2D eigenvalue weighted by Gasteiger charge is 2.55. The molecule has 1 amide bonds. The monoisotopic (exact) mass is 296 g/mol. The highest BCUT2D eigenvalue weighted by atomic mass is 16.5. The van der Waals surface area contributed by atoms with Crippen molar-refractivity contribution in [1.29, 1.82) is 0 Å². The van der Waals surface area contributed by atoms with Crippen LogP contribution in [-0.2, 0) is 9.53 Å². The summed E-state index contributed by atoms with van der Waals surface area (Å²) in [6, 6.07) is 0. The summed E-state index contributed by atoms with van der Waals surface area (Å²) in [5.74, 6) is 1.80. The maximum atomic E-state index is 12.5. The number of nitrogens with zero attached hydrogens (tertiary/aromatic N) is 2. The average Bonchev–Trinajstić information content (AvgIpc) is 3.21. The van der Waals surface area contributed by atoms with E-state index in [0.717, 1.165) is 26.3 Å². The summed E-state index contributed by atoms with van der Waals surface area (Å²) in [6.45, 7) is 4.33. The molecule has 0 spiro atoms. The van der Waals surface area contributed by atoms with Crippen LogP contribution < -0.4 is 0 Å². The number of amides is 1. The van der Waals surface area contributed by atoms with Crippen molar-refractivity contribution >= 4 is 5.91 Å². The van der Waals surface area contributed by atoms with Gasteiger partial charge in [0.2, 0.25) is 5.91 Å². The average molecular weight is 296 g/mol. The van der Waals surface area contributed by atoms with Gasteiger partial charge in [-0.3, -0.25) is 9.69 Å². The van der Waals surface area contributed by atoms with Gasteiger partial charge in [0.25, 0.3) is 0 Å². The van der Waals surface area contributed by atoms with Crippen LogP contribution in [0.15, 0.2) is 0 Å². The Kier molecular flexibility index (Phi) is 4.82. The van der Waals surface area contributed by atoms with E-state index in [1.165, 1.54) is 25.7 Å². The Morgan fingerprint density at radius 2 is 1.90 bits per heavy atom. The first-order valence-corrected chi connectivity index (χ1v) is 8.40. The molecule has 3 unspecified atom stereocenters. The van der Waals surface area contributed by atoms with E-state index in [9.17, 15) is 9.90 Å². The molecule has 2 saturated carbocycles. The number of β-amino-alcohol motifs (C(OH)–C–C–N with tert-alkyl or cyclic N) is 1. The second-order valence-electron chi connectivity index (χ2n) is 6.92. The molecule has 3 atom stereocenters. The molecule has 3 aliphatic rings.